The number of carboxylic acids is 1. The Labute approximate surface area is 93.9 Å². The number of hydrogen-bond donors (Lipinski definition) is 1. The lowest BCUT2D eigenvalue weighted by Crippen LogP contribution is -2.12. The molecule has 1 rings (SSSR count). The van der Waals surface area contributed by atoms with Crippen molar-refractivity contribution in [2.75, 3.05) is 7.11 Å². The molecule has 0 aliphatic carbocycles. The minimum atomic E-state index is -0.989. The molecule has 0 aromatic heterocycles. The van der Waals surface area contributed by atoms with E-state index in [-0.39, 0.29) is 6.42 Å². The molecule has 4 nitrogen and oxygen atoms in total. The predicted octanol–water partition coefficient (Wildman–Crippen LogP) is 1.76. The molecule has 0 saturated heterocycles. The third-order valence-electron chi connectivity index (χ3n) is 2.45. The molecule has 0 saturated carbocycles. The zero-order chi connectivity index (χ0) is 12.1. The maximum absolute atomic E-state index is 11.0. The summed E-state index contributed by atoms with van der Waals surface area (Å²) in [6, 6.07) is 5.13. The first-order valence-corrected chi connectivity index (χ1v) is 4.91. The number of aliphatic carboxylic acids is 1. The smallest absolute Gasteiger partial charge is 0.311 e. The molecule has 1 aromatic carbocycles. The summed E-state index contributed by atoms with van der Waals surface area (Å²) in [5, 5.41) is 8.99. The van der Waals surface area contributed by atoms with Crippen LogP contribution in [0.1, 0.15) is 23.5 Å². The first-order valence-electron chi connectivity index (χ1n) is 4.91. The average Bonchev–Trinajstić information content (AvgIpc) is 2.25. The molecule has 0 radical (unpaired) electrons. The number of hydrogen-bond acceptors (Lipinski definition) is 3. The first kappa shape index (κ1) is 12.2. The number of aryl methyl sites for hydroxylation is 1. The minimum Gasteiger partial charge on any atom is -0.496 e. The Balaban J connectivity index is 3.06. The molecule has 1 atom stereocenters. The van der Waals surface area contributed by atoms with Crippen LogP contribution in [0.15, 0.2) is 18.2 Å². The van der Waals surface area contributed by atoms with Crippen LogP contribution in [0.2, 0.25) is 0 Å². The van der Waals surface area contributed by atoms with Crippen LogP contribution in [0.25, 0.3) is 0 Å². The lowest BCUT2D eigenvalue weighted by atomic mass is 9.95. The Kier molecular flexibility index (Phi) is 4.05. The van der Waals surface area contributed by atoms with Gasteiger partial charge >= 0.3 is 5.97 Å². The van der Waals surface area contributed by atoms with Crippen molar-refractivity contribution in [3.05, 3.63) is 29.3 Å². The maximum Gasteiger partial charge on any atom is 0.311 e. The number of ether oxygens (including phenoxy) is 1. The molecule has 16 heavy (non-hydrogen) atoms. The maximum atomic E-state index is 11.0. The standard InChI is InChI=1S/C12H14O4/c1-8-7-9(3-4-11(8)16-2)10(5-6-13)12(14)15/h3-4,6-7,10H,5H2,1-2H3,(H,14,15). The third kappa shape index (κ3) is 2.59. The number of methoxy groups -OCH3 is 1. The molecule has 1 unspecified atom stereocenters. The van der Waals surface area contributed by atoms with Gasteiger partial charge in [-0.25, -0.2) is 0 Å². The fourth-order valence-corrected chi connectivity index (χ4v) is 1.59. The highest BCUT2D eigenvalue weighted by molar-refractivity contribution is 5.79. The van der Waals surface area contributed by atoms with Gasteiger partial charge in [0.2, 0.25) is 0 Å². The highest BCUT2D eigenvalue weighted by Gasteiger charge is 2.19. The molecule has 1 N–H and O–H groups in total. The molecule has 0 heterocycles. The van der Waals surface area contributed by atoms with Gasteiger partial charge in [-0.15, -0.1) is 0 Å². The van der Waals surface area contributed by atoms with Gasteiger partial charge in [0.1, 0.15) is 12.0 Å². The van der Waals surface area contributed by atoms with Gasteiger partial charge < -0.3 is 14.6 Å². The van der Waals surface area contributed by atoms with Crippen molar-refractivity contribution in [2.45, 2.75) is 19.3 Å². The van der Waals surface area contributed by atoms with E-state index in [1.165, 1.54) is 0 Å². The molecule has 0 amide bonds. The summed E-state index contributed by atoms with van der Waals surface area (Å²) in [5.41, 5.74) is 1.48. The molecule has 0 bridgehead atoms. The van der Waals surface area contributed by atoms with Gasteiger partial charge in [-0.05, 0) is 24.1 Å². The van der Waals surface area contributed by atoms with Crippen LogP contribution in [0.5, 0.6) is 5.75 Å². The second-order valence-electron chi connectivity index (χ2n) is 3.52. The van der Waals surface area contributed by atoms with Crippen LogP contribution >= 0.6 is 0 Å². The van der Waals surface area contributed by atoms with E-state index in [2.05, 4.69) is 0 Å². The number of carboxylic acid groups (broad SMARTS) is 1. The SMILES string of the molecule is COc1ccc(C(CC=O)C(=O)O)cc1C. The number of rotatable bonds is 5. The topological polar surface area (TPSA) is 63.6 Å². The summed E-state index contributed by atoms with van der Waals surface area (Å²) in [7, 11) is 1.56. The van der Waals surface area contributed by atoms with Crippen LogP contribution in [-0.4, -0.2) is 24.5 Å². The highest BCUT2D eigenvalue weighted by atomic mass is 16.5. The quantitative estimate of drug-likeness (QED) is 0.771. The minimum absolute atomic E-state index is 0.0128. The lowest BCUT2D eigenvalue weighted by Gasteiger charge is -2.12. The molecular weight excluding hydrogens is 208 g/mol. The molecule has 0 fully saturated rings. The second-order valence-corrected chi connectivity index (χ2v) is 3.52. The molecule has 4 heteroatoms. The van der Waals surface area contributed by atoms with Gasteiger partial charge in [-0.2, -0.15) is 0 Å². The van der Waals surface area contributed by atoms with Crippen molar-refractivity contribution in [3.8, 4) is 5.75 Å². The molecule has 0 aliphatic rings. The fraction of sp³-hybridized carbons (Fsp3) is 0.333. The molecule has 1 aromatic rings. The van der Waals surface area contributed by atoms with Gasteiger partial charge in [0.05, 0.1) is 13.0 Å². The van der Waals surface area contributed by atoms with E-state index < -0.39 is 11.9 Å². The Bertz CT molecular complexity index is 398. The van der Waals surface area contributed by atoms with E-state index in [1.807, 2.05) is 6.92 Å². The van der Waals surface area contributed by atoms with Gasteiger partial charge in [-0.3, -0.25) is 4.79 Å². The van der Waals surface area contributed by atoms with Crippen molar-refractivity contribution in [2.24, 2.45) is 0 Å². The zero-order valence-electron chi connectivity index (χ0n) is 9.27. The molecule has 0 spiro atoms. The molecule has 86 valence electrons. The van der Waals surface area contributed by atoms with Gasteiger partial charge in [-0.1, -0.05) is 12.1 Å². The number of aldehydes is 1. The summed E-state index contributed by atoms with van der Waals surface area (Å²) < 4.78 is 5.08. The third-order valence-corrected chi connectivity index (χ3v) is 2.45. The summed E-state index contributed by atoms with van der Waals surface area (Å²) in [5.74, 6) is -1.06. The van der Waals surface area contributed by atoms with E-state index in [9.17, 15) is 9.59 Å². The van der Waals surface area contributed by atoms with Crippen molar-refractivity contribution < 1.29 is 19.4 Å². The number of benzene rings is 1. The predicted molar refractivity (Wildman–Crippen MR) is 58.8 cm³/mol. The molecular formula is C12H14O4. The Morgan fingerprint density at radius 1 is 1.56 bits per heavy atom. The normalized spacial score (nSPS) is 11.9. The van der Waals surface area contributed by atoms with E-state index in [0.717, 1.165) is 5.56 Å². The van der Waals surface area contributed by atoms with E-state index >= 15 is 0 Å². The van der Waals surface area contributed by atoms with Crippen molar-refractivity contribution >= 4 is 12.3 Å². The number of carbonyl (C=O) groups excluding carboxylic acids is 1. The van der Waals surface area contributed by atoms with Crippen molar-refractivity contribution in [1.29, 1.82) is 0 Å². The van der Waals surface area contributed by atoms with Gasteiger partial charge in [0.15, 0.2) is 0 Å². The van der Waals surface area contributed by atoms with E-state index in [1.54, 1.807) is 25.3 Å². The van der Waals surface area contributed by atoms with Crippen LogP contribution in [0, 0.1) is 6.92 Å². The summed E-state index contributed by atoms with van der Waals surface area (Å²) in [6.45, 7) is 1.84. The first-order chi connectivity index (χ1) is 7.60. The van der Waals surface area contributed by atoms with Crippen LogP contribution in [0.3, 0.4) is 0 Å². The van der Waals surface area contributed by atoms with E-state index in [4.69, 9.17) is 9.84 Å². The van der Waals surface area contributed by atoms with E-state index in [0.29, 0.717) is 17.6 Å². The lowest BCUT2D eigenvalue weighted by molar-refractivity contribution is -0.139. The monoisotopic (exact) mass is 222 g/mol. The largest absolute Gasteiger partial charge is 0.496 e. The summed E-state index contributed by atoms with van der Waals surface area (Å²) in [6.07, 6.45) is 0.611. The highest BCUT2D eigenvalue weighted by Crippen LogP contribution is 2.25. The summed E-state index contributed by atoms with van der Waals surface area (Å²) >= 11 is 0. The Morgan fingerprint density at radius 3 is 2.69 bits per heavy atom. The van der Waals surface area contributed by atoms with Gasteiger partial charge in [0.25, 0.3) is 0 Å². The van der Waals surface area contributed by atoms with Crippen LogP contribution in [0.4, 0.5) is 0 Å². The van der Waals surface area contributed by atoms with Crippen molar-refractivity contribution in [1.82, 2.24) is 0 Å². The second kappa shape index (κ2) is 5.30. The number of carbonyl (C=O) groups is 2. The fourth-order valence-electron chi connectivity index (χ4n) is 1.59. The van der Waals surface area contributed by atoms with Gasteiger partial charge in [0, 0.05) is 6.42 Å². The Morgan fingerprint density at radius 2 is 2.25 bits per heavy atom. The zero-order valence-corrected chi connectivity index (χ0v) is 9.27. The Hall–Kier alpha value is -1.84. The van der Waals surface area contributed by atoms with Crippen LogP contribution < -0.4 is 4.74 Å². The summed E-state index contributed by atoms with van der Waals surface area (Å²) in [4.78, 5) is 21.4. The molecule has 0 aliphatic heterocycles. The van der Waals surface area contributed by atoms with Crippen molar-refractivity contribution in [3.63, 3.8) is 0 Å². The van der Waals surface area contributed by atoms with Crippen LogP contribution in [-0.2, 0) is 9.59 Å². The average molecular weight is 222 g/mol.